The monoisotopic (exact) mass is 186 g/mol. The molecule has 3 nitrogen and oxygen atoms in total. The van der Waals surface area contributed by atoms with Gasteiger partial charge in [-0.3, -0.25) is 0 Å². The van der Waals surface area contributed by atoms with Crippen LogP contribution >= 0.6 is 0 Å². The van der Waals surface area contributed by atoms with Crippen molar-refractivity contribution in [2.24, 2.45) is 11.7 Å². The van der Waals surface area contributed by atoms with Crippen molar-refractivity contribution in [3.63, 3.8) is 0 Å². The van der Waals surface area contributed by atoms with Gasteiger partial charge in [0.05, 0.1) is 6.10 Å². The fourth-order valence-corrected chi connectivity index (χ4v) is 2.03. The quantitative estimate of drug-likeness (QED) is 0.672. The van der Waals surface area contributed by atoms with Crippen LogP contribution in [-0.4, -0.2) is 41.8 Å². The van der Waals surface area contributed by atoms with E-state index in [1.165, 1.54) is 12.8 Å². The molecule has 1 heterocycles. The van der Waals surface area contributed by atoms with Gasteiger partial charge in [0.15, 0.2) is 0 Å². The van der Waals surface area contributed by atoms with Crippen LogP contribution in [-0.2, 0) is 0 Å². The molecule has 1 unspecified atom stereocenters. The summed E-state index contributed by atoms with van der Waals surface area (Å²) in [5.74, 6) is 0.685. The van der Waals surface area contributed by atoms with Gasteiger partial charge in [0.25, 0.3) is 0 Å². The van der Waals surface area contributed by atoms with E-state index in [0.717, 1.165) is 19.6 Å². The Morgan fingerprint density at radius 2 is 1.92 bits per heavy atom. The van der Waals surface area contributed by atoms with Crippen LogP contribution < -0.4 is 5.73 Å². The zero-order valence-electron chi connectivity index (χ0n) is 8.74. The first-order chi connectivity index (χ1) is 6.09. The van der Waals surface area contributed by atoms with Crippen molar-refractivity contribution in [2.45, 2.75) is 38.8 Å². The fraction of sp³-hybridized carbons (Fsp3) is 1.00. The summed E-state index contributed by atoms with van der Waals surface area (Å²) in [4.78, 5) is 2.32. The van der Waals surface area contributed by atoms with E-state index in [4.69, 9.17) is 5.73 Å². The maximum Gasteiger partial charge on any atom is 0.0639 e. The van der Waals surface area contributed by atoms with Crippen molar-refractivity contribution in [3.8, 4) is 0 Å². The molecule has 1 aliphatic heterocycles. The van der Waals surface area contributed by atoms with Gasteiger partial charge >= 0.3 is 0 Å². The van der Waals surface area contributed by atoms with Crippen LogP contribution in [0.5, 0.6) is 0 Å². The van der Waals surface area contributed by atoms with E-state index in [-0.39, 0.29) is 6.10 Å². The van der Waals surface area contributed by atoms with E-state index in [0.29, 0.717) is 12.0 Å². The summed E-state index contributed by atoms with van der Waals surface area (Å²) in [6.07, 6.45) is 2.17. The van der Waals surface area contributed by atoms with E-state index >= 15 is 0 Å². The number of β-amino-alcohol motifs (C(OH)–C–C–N with tert-alkyl or cyclic N) is 1. The van der Waals surface area contributed by atoms with Crippen LogP contribution in [0.25, 0.3) is 0 Å². The largest absolute Gasteiger partial charge is 0.392 e. The lowest BCUT2D eigenvalue weighted by molar-refractivity contribution is 0.0965. The Balaban J connectivity index is 2.22. The highest BCUT2D eigenvalue weighted by Crippen LogP contribution is 2.19. The third-order valence-corrected chi connectivity index (χ3v) is 2.90. The molecule has 0 bridgehead atoms. The van der Waals surface area contributed by atoms with Crippen LogP contribution in [0.3, 0.4) is 0 Å². The van der Waals surface area contributed by atoms with E-state index < -0.39 is 0 Å². The first-order valence-electron chi connectivity index (χ1n) is 5.25. The number of aliphatic hydroxyl groups is 1. The summed E-state index contributed by atoms with van der Waals surface area (Å²) in [5.41, 5.74) is 5.85. The molecular formula is C10H22N2O. The number of rotatable bonds is 3. The topological polar surface area (TPSA) is 49.5 Å². The number of aliphatic hydroxyl groups excluding tert-OH is 1. The average Bonchev–Trinajstić information content (AvgIpc) is 2.04. The lowest BCUT2D eigenvalue weighted by Crippen LogP contribution is -2.42. The number of hydrogen-bond donors (Lipinski definition) is 2. The van der Waals surface area contributed by atoms with Crippen LogP contribution in [0, 0.1) is 5.92 Å². The first-order valence-corrected chi connectivity index (χ1v) is 5.25. The highest BCUT2D eigenvalue weighted by atomic mass is 16.3. The molecule has 0 amide bonds. The Labute approximate surface area is 80.9 Å². The highest BCUT2D eigenvalue weighted by Gasteiger charge is 2.21. The second kappa shape index (κ2) is 4.94. The molecule has 0 aromatic rings. The number of nitrogens with zero attached hydrogens (tertiary/aromatic N) is 1. The van der Waals surface area contributed by atoms with Gasteiger partial charge in [-0.05, 0) is 45.7 Å². The number of likely N-dealkylation sites (tertiary alicyclic amines) is 1. The van der Waals surface area contributed by atoms with Crippen molar-refractivity contribution in [1.29, 1.82) is 0 Å². The summed E-state index contributed by atoms with van der Waals surface area (Å²) in [6, 6.07) is 0.327. The van der Waals surface area contributed by atoms with Crippen LogP contribution in [0.4, 0.5) is 0 Å². The smallest absolute Gasteiger partial charge is 0.0639 e. The third-order valence-electron chi connectivity index (χ3n) is 2.90. The van der Waals surface area contributed by atoms with Crippen molar-refractivity contribution in [2.75, 3.05) is 19.6 Å². The molecule has 0 aromatic heterocycles. The maximum atomic E-state index is 9.21. The van der Waals surface area contributed by atoms with Gasteiger partial charge in [-0.15, -0.1) is 0 Å². The molecule has 3 heteroatoms. The van der Waals surface area contributed by atoms with Crippen molar-refractivity contribution >= 4 is 0 Å². The molecule has 1 aliphatic rings. The van der Waals surface area contributed by atoms with E-state index in [1.54, 1.807) is 0 Å². The predicted octanol–water partition coefficient (Wildman–Crippen LogP) is 0.426. The lowest BCUT2D eigenvalue weighted by Gasteiger charge is -2.34. The summed E-state index contributed by atoms with van der Waals surface area (Å²) in [7, 11) is 0. The zero-order chi connectivity index (χ0) is 9.84. The van der Waals surface area contributed by atoms with Gasteiger partial charge in [0.1, 0.15) is 0 Å². The Morgan fingerprint density at radius 1 is 1.38 bits per heavy atom. The molecule has 0 radical (unpaired) electrons. The minimum Gasteiger partial charge on any atom is -0.392 e. The number of piperidine rings is 1. The lowest BCUT2D eigenvalue weighted by atomic mass is 9.91. The summed E-state index contributed by atoms with van der Waals surface area (Å²) in [5, 5.41) is 9.21. The minimum absolute atomic E-state index is 0.202. The summed E-state index contributed by atoms with van der Waals surface area (Å²) >= 11 is 0. The van der Waals surface area contributed by atoms with Crippen LogP contribution in [0.2, 0.25) is 0 Å². The maximum absolute atomic E-state index is 9.21. The molecule has 13 heavy (non-hydrogen) atoms. The predicted molar refractivity (Wildman–Crippen MR) is 54.5 cm³/mol. The molecule has 3 N–H and O–H groups in total. The molecule has 2 atom stereocenters. The molecule has 1 fully saturated rings. The fourth-order valence-electron chi connectivity index (χ4n) is 2.03. The standard InChI is InChI=1S/C10H22N2O/c1-8(13)7-12-5-3-10(4-6-12)9(2)11/h8-10,13H,3-7,11H2,1-2H3/t8-,9?/m1/s1. The minimum atomic E-state index is -0.202. The number of hydrogen-bond acceptors (Lipinski definition) is 3. The van der Waals surface area contributed by atoms with Gasteiger partial charge in [0.2, 0.25) is 0 Å². The average molecular weight is 186 g/mol. The Hall–Kier alpha value is -0.120. The third kappa shape index (κ3) is 3.63. The van der Waals surface area contributed by atoms with Gasteiger partial charge in [-0.25, -0.2) is 0 Å². The summed E-state index contributed by atoms with van der Waals surface area (Å²) < 4.78 is 0. The van der Waals surface area contributed by atoms with Crippen molar-refractivity contribution < 1.29 is 5.11 Å². The Bertz CT molecular complexity index is 140. The molecule has 0 spiro atoms. The first kappa shape index (κ1) is 11.0. The molecule has 78 valence electrons. The highest BCUT2D eigenvalue weighted by molar-refractivity contribution is 4.77. The van der Waals surface area contributed by atoms with Crippen molar-refractivity contribution in [3.05, 3.63) is 0 Å². The van der Waals surface area contributed by atoms with E-state index in [2.05, 4.69) is 11.8 Å². The van der Waals surface area contributed by atoms with E-state index in [1.807, 2.05) is 6.92 Å². The molecule has 1 saturated heterocycles. The normalized spacial score (nSPS) is 25.8. The molecule has 0 aromatic carbocycles. The molecule has 1 rings (SSSR count). The Kier molecular flexibility index (Phi) is 4.16. The molecular weight excluding hydrogens is 164 g/mol. The van der Waals surface area contributed by atoms with Gasteiger partial charge in [0, 0.05) is 12.6 Å². The van der Waals surface area contributed by atoms with Crippen molar-refractivity contribution in [1.82, 2.24) is 4.90 Å². The SMILES string of the molecule is CC(N)C1CCN(C[C@@H](C)O)CC1. The number of nitrogens with two attached hydrogens (primary N) is 1. The van der Waals surface area contributed by atoms with Crippen LogP contribution in [0.15, 0.2) is 0 Å². The zero-order valence-corrected chi connectivity index (χ0v) is 8.74. The van der Waals surface area contributed by atoms with Gasteiger partial charge in [-0.2, -0.15) is 0 Å². The van der Waals surface area contributed by atoms with Gasteiger partial charge < -0.3 is 15.7 Å². The molecule has 0 saturated carbocycles. The second-order valence-electron chi connectivity index (χ2n) is 4.35. The second-order valence-corrected chi connectivity index (χ2v) is 4.35. The summed E-state index contributed by atoms with van der Waals surface area (Å²) in [6.45, 7) is 6.94. The van der Waals surface area contributed by atoms with Gasteiger partial charge in [-0.1, -0.05) is 0 Å². The van der Waals surface area contributed by atoms with Crippen LogP contribution in [0.1, 0.15) is 26.7 Å². The van der Waals surface area contributed by atoms with E-state index in [9.17, 15) is 5.11 Å². The Morgan fingerprint density at radius 3 is 2.31 bits per heavy atom. The molecule has 0 aliphatic carbocycles.